The van der Waals surface area contributed by atoms with Gasteiger partial charge in [0, 0.05) is 34.3 Å². The average molecular weight is 475 g/mol. The van der Waals surface area contributed by atoms with Crippen molar-refractivity contribution in [1.29, 1.82) is 0 Å². The van der Waals surface area contributed by atoms with Crippen LogP contribution in [0.2, 0.25) is 0 Å². The molecule has 2 aromatic heterocycles. The van der Waals surface area contributed by atoms with Gasteiger partial charge in [-0.1, -0.05) is 54.6 Å². The van der Waals surface area contributed by atoms with Crippen molar-refractivity contribution in [3.8, 4) is 0 Å². The molecule has 6 nitrogen and oxygen atoms in total. The number of hydrogen-bond acceptors (Lipinski definition) is 5. The Balaban J connectivity index is 1.50. The summed E-state index contributed by atoms with van der Waals surface area (Å²) in [7, 11) is 0. The minimum Gasteiger partial charge on any atom is -0.485 e. The Morgan fingerprint density at radius 2 is 1.42 bits per heavy atom. The molecule has 0 amide bonds. The predicted molar refractivity (Wildman–Crippen MR) is 139 cm³/mol. The number of anilines is 2. The first-order valence-corrected chi connectivity index (χ1v) is 12.0. The summed E-state index contributed by atoms with van der Waals surface area (Å²) in [6.45, 7) is 2.51. The molecule has 1 unspecified atom stereocenters. The van der Waals surface area contributed by atoms with Crippen LogP contribution in [0.5, 0.6) is 0 Å². The highest BCUT2D eigenvalue weighted by molar-refractivity contribution is 5.95. The van der Waals surface area contributed by atoms with Gasteiger partial charge in [-0.2, -0.15) is 0 Å². The molecular formula is C30H24N3O3. The largest absolute Gasteiger partial charge is 0.485 e. The summed E-state index contributed by atoms with van der Waals surface area (Å²) < 4.78 is 12.5. The van der Waals surface area contributed by atoms with Crippen LogP contribution in [0.1, 0.15) is 24.2 Å². The van der Waals surface area contributed by atoms with Crippen LogP contribution in [0.3, 0.4) is 0 Å². The number of benzene rings is 3. The van der Waals surface area contributed by atoms with Gasteiger partial charge in [0.15, 0.2) is 11.9 Å². The molecule has 3 aromatic carbocycles. The van der Waals surface area contributed by atoms with Crippen molar-refractivity contribution in [2.45, 2.75) is 19.6 Å². The maximum atomic E-state index is 13.8. The first-order chi connectivity index (χ1) is 17.8. The minimum atomic E-state index is -1.22. The van der Waals surface area contributed by atoms with E-state index in [2.05, 4.69) is 9.97 Å². The summed E-state index contributed by atoms with van der Waals surface area (Å²) in [4.78, 5) is 10.9. The lowest BCUT2D eigenvalue weighted by Crippen LogP contribution is -2.29. The Bertz CT molecular complexity index is 1590. The minimum absolute atomic E-state index is 0.223. The van der Waals surface area contributed by atoms with E-state index >= 15 is 0 Å². The number of nitrogens with zero attached hydrogens (tertiary/aromatic N) is 3. The summed E-state index contributed by atoms with van der Waals surface area (Å²) in [6, 6.07) is 27.3. The van der Waals surface area contributed by atoms with Crippen molar-refractivity contribution in [2.24, 2.45) is 0 Å². The molecule has 0 saturated heterocycles. The molecule has 3 heterocycles. The normalized spacial score (nSPS) is 15.3. The van der Waals surface area contributed by atoms with Crippen LogP contribution in [0.25, 0.3) is 21.8 Å². The SMILES string of the molecule is CCOC1=C(OCc2ccnc3ccccc23)C([O])c2ccccc2N1c1ccnc2ccccc12. The highest BCUT2D eigenvalue weighted by Gasteiger charge is 2.37. The van der Waals surface area contributed by atoms with Crippen LogP contribution < -0.4 is 4.90 Å². The fourth-order valence-electron chi connectivity index (χ4n) is 4.75. The number of aromatic nitrogens is 2. The zero-order valence-electron chi connectivity index (χ0n) is 19.8. The summed E-state index contributed by atoms with van der Waals surface area (Å²) in [5.74, 6) is 0.670. The summed E-state index contributed by atoms with van der Waals surface area (Å²) in [6.07, 6.45) is 2.32. The molecule has 1 aliphatic heterocycles. The third-order valence-corrected chi connectivity index (χ3v) is 6.38. The number of rotatable bonds is 6. The van der Waals surface area contributed by atoms with Gasteiger partial charge < -0.3 is 9.47 Å². The third kappa shape index (κ3) is 3.72. The maximum Gasteiger partial charge on any atom is 0.241 e. The third-order valence-electron chi connectivity index (χ3n) is 6.38. The van der Waals surface area contributed by atoms with Gasteiger partial charge in [0.2, 0.25) is 5.88 Å². The van der Waals surface area contributed by atoms with E-state index in [-0.39, 0.29) is 12.4 Å². The fourth-order valence-corrected chi connectivity index (χ4v) is 4.75. The summed E-state index contributed by atoms with van der Waals surface area (Å²) in [5, 5.41) is 15.7. The van der Waals surface area contributed by atoms with Crippen LogP contribution in [0.4, 0.5) is 11.4 Å². The van der Waals surface area contributed by atoms with Crippen LogP contribution >= 0.6 is 0 Å². The zero-order valence-corrected chi connectivity index (χ0v) is 19.8. The molecule has 0 bridgehead atoms. The second kappa shape index (κ2) is 9.32. The van der Waals surface area contributed by atoms with Crippen molar-refractivity contribution in [1.82, 2.24) is 9.97 Å². The van der Waals surface area contributed by atoms with Gasteiger partial charge in [-0.05, 0) is 37.3 Å². The van der Waals surface area contributed by atoms with E-state index in [9.17, 15) is 5.11 Å². The second-order valence-corrected chi connectivity index (χ2v) is 8.50. The zero-order chi connectivity index (χ0) is 24.5. The Hall–Kier alpha value is -4.42. The molecule has 6 heteroatoms. The molecule has 1 radical (unpaired) electrons. The Morgan fingerprint density at radius 1 is 0.750 bits per heavy atom. The van der Waals surface area contributed by atoms with Gasteiger partial charge in [0.1, 0.15) is 6.61 Å². The Morgan fingerprint density at radius 3 is 2.22 bits per heavy atom. The molecule has 6 rings (SSSR count). The number of hydrogen-bond donors (Lipinski definition) is 0. The molecule has 36 heavy (non-hydrogen) atoms. The van der Waals surface area contributed by atoms with Crippen LogP contribution in [0, 0.1) is 0 Å². The molecule has 0 N–H and O–H groups in total. The van der Waals surface area contributed by atoms with Crippen LogP contribution in [0.15, 0.2) is 109 Å². The quantitative estimate of drug-likeness (QED) is 0.270. The van der Waals surface area contributed by atoms with E-state index in [1.165, 1.54) is 0 Å². The molecule has 0 aliphatic carbocycles. The van der Waals surface area contributed by atoms with E-state index in [4.69, 9.17) is 9.47 Å². The lowest BCUT2D eigenvalue weighted by molar-refractivity contribution is 0.0277. The molecule has 0 fully saturated rings. The molecular weight excluding hydrogens is 450 g/mol. The highest BCUT2D eigenvalue weighted by atomic mass is 16.5. The number of para-hydroxylation sites is 3. The van der Waals surface area contributed by atoms with Crippen LogP contribution in [-0.2, 0) is 21.2 Å². The van der Waals surface area contributed by atoms with Crippen molar-refractivity contribution in [2.75, 3.05) is 11.5 Å². The number of pyridine rings is 2. The Labute approximate surface area is 209 Å². The summed E-state index contributed by atoms with van der Waals surface area (Å²) in [5.41, 5.74) is 4.98. The van der Waals surface area contributed by atoms with Gasteiger partial charge in [0.25, 0.3) is 0 Å². The standard InChI is InChI=1S/C30H24N3O3/c1-2-35-30-29(36-19-20-15-17-31-24-12-6-3-9-21(20)24)28(34)23-11-5-8-14-26(23)33(30)27-16-18-32-25-13-7-4-10-22(25)27/h3-18,28H,2,19H2,1H3. The average Bonchev–Trinajstić information content (AvgIpc) is 2.93. The van der Waals surface area contributed by atoms with Crippen molar-refractivity contribution in [3.05, 3.63) is 120 Å². The lowest BCUT2D eigenvalue weighted by Gasteiger charge is -2.36. The van der Waals surface area contributed by atoms with Crippen molar-refractivity contribution >= 4 is 33.2 Å². The van der Waals surface area contributed by atoms with Gasteiger partial charge >= 0.3 is 0 Å². The van der Waals surface area contributed by atoms with Crippen molar-refractivity contribution in [3.63, 3.8) is 0 Å². The molecule has 1 aliphatic rings. The van der Waals surface area contributed by atoms with Gasteiger partial charge in [-0.15, -0.1) is 0 Å². The smallest absolute Gasteiger partial charge is 0.241 e. The van der Waals surface area contributed by atoms with E-state index in [1.807, 2.05) is 96.8 Å². The molecule has 0 saturated carbocycles. The van der Waals surface area contributed by atoms with Crippen LogP contribution in [-0.4, -0.2) is 16.6 Å². The molecule has 177 valence electrons. The maximum absolute atomic E-state index is 13.8. The van der Waals surface area contributed by atoms with Gasteiger partial charge in [-0.25, -0.2) is 5.11 Å². The van der Waals surface area contributed by atoms with Gasteiger partial charge in [-0.3, -0.25) is 14.9 Å². The highest BCUT2D eigenvalue weighted by Crippen LogP contribution is 2.46. The van der Waals surface area contributed by atoms with Crippen molar-refractivity contribution < 1.29 is 14.6 Å². The fraction of sp³-hybridized carbons (Fsp3) is 0.133. The van der Waals surface area contributed by atoms with E-state index in [0.717, 1.165) is 38.7 Å². The Kier molecular flexibility index (Phi) is 5.71. The predicted octanol–water partition coefficient (Wildman–Crippen LogP) is 6.83. The lowest BCUT2D eigenvalue weighted by atomic mass is 9.99. The number of fused-ring (bicyclic) bond motifs is 3. The van der Waals surface area contributed by atoms with Gasteiger partial charge in [0.05, 0.1) is 29.0 Å². The monoisotopic (exact) mass is 474 g/mol. The first-order valence-electron chi connectivity index (χ1n) is 12.0. The molecule has 1 atom stereocenters. The van der Waals surface area contributed by atoms with E-state index < -0.39 is 6.10 Å². The van der Waals surface area contributed by atoms with E-state index in [1.54, 1.807) is 12.4 Å². The molecule has 0 spiro atoms. The molecule has 5 aromatic rings. The van der Waals surface area contributed by atoms with E-state index in [0.29, 0.717) is 18.1 Å². The number of ether oxygens (including phenoxy) is 2. The first kappa shape index (κ1) is 22.1. The second-order valence-electron chi connectivity index (χ2n) is 8.50. The topological polar surface area (TPSA) is 67.4 Å². The summed E-state index contributed by atoms with van der Waals surface area (Å²) >= 11 is 0.